The zero-order chi connectivity index (χ0) is 19.8. The van der Waals surface area contributed by atoms with Gasteiger partial charge in [-0.15, -0.1) is 11.3 Å². The number of anilines is 2. The molecule has 0 unspecified atom stereocenters. The molecule has 2 aromatic rings. The predicted molar refractivity (Wildman–Crippen MR) is 116 cm³/mol. The van der Waals surface area contributed by atoms with Crippen LogP contribution in [0, 0.1) is 0 Å². The third-order valence-corrected chi connectivity index (χ3v) is 5.49. The third kappa shape index (κ3) is 5.28. The highest BCUT2D eigenvalue weighted by Crippen LogP contribution is 2.30. The van der Waals surface area contributed by atoms with Crippen LogP contribution in [0.15, 0.2) is 28.6 Å². The number of guanidine groups is 1. The van der Waals surface area contributed by atoms with Gasteiger partial charge >= 0.3 is 0 Å². The first kappa shape index (κ1) is 20.3. The Labute approximate surface area is 170 Å². The number of aromatic nitrogens is 1. The normalized spacial score (nSPS) is 14.2. The molecular formula is C20H29N5O2S. The van der Waals surface area contributed by atoms with E-state index < -0.39 is 0 Å². The Kier molecular flexibility index (Phi) is 7.36. The second-order valence-electron chi connectivity index (χ2n) is 6.49. The van der Waals surface area contributed by atoms with E-state index in [9.17, 15) is 0 Å². The van der Waals surface area contributed by atoms with Crippen molar-refractivity contribution in [3.63, 3.8) is 0 Å². The molecule has 0 spiro atoms. The van der Waals surface area contributed by atoms with Crippen molar-refractivity contribution in [3.05, 3.63) is 29.3 Å². The molecule has 28 heavy (non-hydrogen) atoms. The van der Waals surface area contributed by atoms with Crippen molar-refractivity contribution in [3.8, 4) is 11.5 Å². The summed E-state index contributed by atoms with van der Waals surface area (Å²) < 4.78 is 11.0. The van der Waals surface area contributed by atoms with Gasteiger partial charge in [0.1, 0.15) is 0 Å². The van der Waals surface area contributed by atoms with E-state index in [0.717, 1.165) is 42.6 Å². The van der Waals surface area contributed by atoms with Crippen LogP contribution in [0.25, 0.3) is 0 Å². The Bertz CT molecular complexity index is 787. The minimum Gasteiger partial charge on any atom is -0.493 e. The topological polar surface area (TPSA) is 71.0 Å². The van der Waals surface area contributed by atoms with E-state index in [2.05, 4.69) is 25.9 Å². The minimum atomic E-state index is 0.583. The summed E-state index contributed by atoms with van der Waals surface area (Å²) in [5.74, 6) is 2.14. The fourth-order valence-corrected chi connectivity index (χ4v) is 4.03. The van der Waals surface area contributed by atoms with Crippen LogP contribution < -0.4 is 25.0 Å². The Morgan fingerprint density at radius 2 is 2.11 bits per heavy atom. The monoisotopic (exact) mass is 403 g/mol. The number of thiazole rings is 1. The van der Waals surface area contributed by atoms with E-state index in [0.29, 0.717) is 24.1 Å². The summed E-state index contributed by atoms with van der Waals surface area (Å²) in [6, 6.07) is 5.74. The smallest absolute Gasteiger partial charge is 0.195 e. The molecule has 0 atom stereocenters. The summed E-state index contributed by atoms with van der Waals surface area (Å²) in [6.07, 6.45) is 3.40. The van der Waals surface area contributed by atoms with E-state index in [4.69, 9.17) is 14.5 Å². The van der Waals surface area contributed by atoms with Crippen molar-refractivity contribution in [2.24, 2.45) is 4.99 Å². The third-order valence-electron chi connectivity index (χ3n) is 4.54. The molecule has 8 heteroatoms. The molecule has 1 aromatic carbocycles. The molecular weight excluding hydrogens is 374 g/mol. The van der Waals surface area contributed by atoms with Gasteiger partial charge in [-0.25, -0.2) is 4.98 Å². The highest BCUT2D eigenvalue weighted by atomic mass is 32.1. The van der Waals surface area contributed by atoms with Crippen molar-refractivity contribution >= 4 is 28.1 Å². The van der Waals surface area contributed by atoms with Gasteiger partial charge in [-0.2, -0.15) is 0 Å². The maximum Gasteiger partial charge on any atom is 0.195 e. The molecule has 1 aliphatic rings. The lowest BCUT2D eigenvalue weighted by Gasteiger charge is -2.14. The van der Waals surface area contributed by atoms with E-state index in [-0.39, 0.29) is 0 Å². The van der Waals surface area contributed by atoms with Crippen LogP contribution in [-0.2, 0) is 6.42 Å². The highest BCUT2D eigenvalue weighted by Gasteiger charge is 2.15. The number of rotatable bonds is 8. The first-order valence-corrected chi connectivity index (χ1v) is 10.6. The summed E-state index contributed by atoms with van der Waals surface area (Å²) in [5.41, 5.74) is 2.01. The highest BCUT2D eigenvalue weighted by molar-refractivity contribution is 7.13. The van der Waals surface area contributed by atoms with Crippen LogP contribution in [0.5, 0.6) is 11.5 Å². The predicted octanol–water partition coefficient (Wildman–Crippen LogP) is 3.38. The van der Waals surface area contributed by atoms with Crippen molar-refractivity contribution in [1.29, 1.82) is 0 Å². The summed E-state index contributed by atoms with van der Waals surface area (Å²) in [5, 5.41) is 9.94. The quantitative estimate of drug-likeness (QED) is 0.520. The molecule has 2 N–H and O–H groups in total. The van der Waals surface area contributed by atoms with Crippen molar-refractivity contribution < 1.29 is 9.47 Å². The number of aliphatic imine (C=N–C) groups is 1. The summed E-state index contributed by atoms with van der Waals surface area (Å²) in [6.45, 7) is 5.56. The second-order valence-corrected chi connectivity index (χ2v) is 7.32. The first-order chi connectivity index (χ1) is 13.7. The fraction of sp³-hybridized carbons (Fsp3) is 0.500. The summed E-state index contributed by atoms with van der Waals surface area (Å²) >= 11 is 1.74. The van der Waals surface area contributed by atoms with Crippen LogP contribution >= 0.6 is 11.3 Å². The van der Waals surface area contributed by atoms with Gasteiger partial charge in [0.2, 0.25) is 0 Å². The zero-order valence-corrected chi connectivity index (χ0v) is 17.6. The fourth-order valence-electron chi connectivity index (χ4n) is 3.11. The van der Waals surface area contributed by atoms with Crippen LogP contribution in [0.2, 0.25) is 0 Å². The molecule has 3 rings (SSSR count). The summed E-state index contributed by atoms with van der Waals surface area (Å²) in [4.78, 5) is 11.4. The number of ether oxygens (including phenoxy) is 2. The van der Waals surface area contributed by atoms with E-state index >= 15 is 0 Å². The van der Waals surface area contributed by atoms with Crippen molar-refractivity contribution in [2.45, 2.75) is 26.2 Å². The van der Waals surface area contributed by atoms with Gasteiger partial charge in [0.05, 0.1) is 19.4 Å². The SMILES string of the molecule is CCOc1cc(NC(=NC)NCCc2csc(N3CCCC3)n2)ccc1OC. The minimum absolute atomic E-state index is 0.583. The van der Waals surface area contributed by atoms with Crippen molar-refractivity contribution in [2.75, 3.05) is 50.6 Å². The van der Waals surface area contributed by atoms with Crippen LogP contribution in [0.3, 0.4) is 0 Å². The van der Waals surface area contributed by atoms with Gasteiger partial charge in [0.15, 0.2) is 22.6 Å². The second kappa shape index (κ2) is 10.2. The molecule has 2 heterocycles. The van der Waals surface area contributed by atoms with Crippen LogP contribution in [-0.4, -0.2) is 51.3 Å². The molecule has 1 fully saturated rings. The average Bonchev–Trinajstić information content (AvgIpc) is 3.39. The number of hydrogen-bond donors (Lipinski definition) is 2. The Balaban J connectivity index is 1.51. The first-order valence-electron chi connectivity index (χ1n) is 9.71. The number of benzene rings is 1. The van der Waals surface area contributed by atoms with Crippen LogP contribution in [0.1, 0.15) is 25.5 Å². The molecule has 0 saturated carbocycles. The molecule has 7 nitrogen and oxygen atoms in total. The standard InChI is InChI=1S/C20H29N5O2S/c1-4-27-18-13-15(7-8-17(18)26-3)23-19(21-2)22-10-9-16-14-28-20(24-16)25-11-5-6-12-25/h7-8,13-14H,4-6,9-12H2,1-3H3,(H2,21,22,23). The lowest BCUT2D eigenvalue weighted by molar-refractivity contribution is 0.311. The number of methoxy groups -OCH3 is 1. The number of nitrogens with one attached hydrogen (secondary N) is 2. The van der Waals surface area contributed by atoms with Gasteiger partial charge < -0.3 is 25.0 Å². The van der Waals surface area contributed by atoms with Crippen LogP contribution in [0.4, 0.5) is 10.8 Å². The molecule has 0 radical (unpaired) electrons. The largest absolute Gasteiger partial charge is 0.493 e. The molecule has 152 valence electrons. The van der Waals surface area contributed by atoms with E-state index in [1.807, 2.05) is 25.1 Å². The number of nitrogens with zero attached hydrogens (tertiary/aromatic N) is 3. The lowest BCUT2D eigenvalue weighted by atomic mass is 10.2. The Morgan fingerprint density at radius 1 is 1.29 bits per heavy atom. The van der Waals surface area contributed by atoms with E-state index in [1.165, 1.54) is 12.8 Å². The molecule has 0 amide bonds. The molecule has 1 saturated heterocycles. The Hall–Kier alpha value is -2.48. The van der Waals surface area contributed by atoms with Gasteiger partial charge in [-0.1, -0.05) is 0 Å². The maximum absolute atomic E-state index is 5.63. The molecule has 1 aliphatic heterocycles. The van der Waals surface area contributed by atoms with Gasteiger partial charge in [0, 0.05) is 50.2 Å². The van der Waals surface area contributed by atoms with Gasteiger partial charge in [0.25, 0.3) is 0 Å². The molecule has 0 bridgehead atoms. The van der Waals surface area contributed by atoms with Gasteiger partial charge in [-0.3, -0.25) is 4.99 Å². The number of hydrogen-bond acceptors (Lipinski definition) is 6. The summed E-state index contributed by atoms with van der Waals surface area (Å²) in [7, 11) is 3.40. The molecule has 1 aromatic heterocycles. The molecule has 0 aliphatic carbocycles. The lowest BCUT2D eigenvalue weighted by Crippen LogP contribution is -2.32. The van der Waals surface area contributed by atoms with Gasteiger partial charge in [-0.05, 0) is 31.9 Å². The van der Waals surface area contributed by atoms with Crippen molar-refractivity contribution in [1.82, 2.24) is 10.3 Å². The Morgan fingerprint density at radius 3 is 2.82 bits per heavy atom. The van der Waals surface area contributed by atoms with E-state index in [1.54, 1.807) is 25.5 Å². The zero-order valence-electron chi connectivity index (χ0n) is 16.8. The maximum atomic E-state index is 5.63. The average molecular weight is 404 g/mol.